The molecule has 2 aliphatic heterocycles. The van der Waals surface area contributed by atoms with Crippen LogP contribution in [0.4, 0.5) is 0 Å². The zero-order chi connectivity index (χ0) is 16.8. The molecule has 0 unspecified atom stereocenters. The molecule has 0 radical (unpaired) electrons. The lowest BCUT2D eigenvalue weighted by Crippen LogP contribution is -2.62. The molecule has 1 saturated carbocycles. The van der Waals surface area contributed by atoms with Gasteiger partial charge in [0.25, 0.3) is 0 Å². The lowest BCUT2D eigenvalue weighted by atomic mass is 9.55. The van der Waals surface area contributed by atoms with Crippen molar-refractivity contribution >= 4 is 0 Å². The molecule has 132 valence electrons. The second-order valence-electron chi connectivity index (χ2n) is 8.14. The van der Waals surface area contributed by atoms with E-state index in [0.29, 0.717) is 17.8 Å². The van der Waals surface area contributed by atoms with E-state index in [9.17, 15) is 5.11 Å². The molecule has 0 aromatic heterocycles. The minimum Gasteiger partial charge on any atom is -0.497 e. The van der Waals surface area contributed by atoms with Crippen LogP contribution in [-0.4, -0.2) is 23.6 Å². The summed E-state index contributed by atoms with van der Waals surface area (Å²) in [6, 6.07) is 8.51. The number of hydrogen-bond donors (Lipinski definition) is 1. The Bertz CT molecular complexity index is 579. The molecule has 1 N–H and O–H groups in total. The van der Waals surface area contributed by atoms with Crippen molar-refractivity contribution in [2.75, 3.05) is 7.11 Å². The summed E-state index contributed by atoms with van der Waals surface area (Å²) in [5.74, 6) is 1.60. The summed E-state index contributed by atoms with van der Waals surface area (Å²) in [4.78, 5) is 0. The van der Waals surface area contributed by atoms with Crippen molar-refractivity contribution in [3.63, 3.8) is 0 Å². The largest absolute Gasteiger partial charge is 0.497 e. The van der Waals surface area contributed by atoms with Crippen LogP contribution >= 0.6 is 0 Å². The molecule has 1 aliphatic carbocycles. The highest BCUT2D eigenvalue weighted by Gasteiger charge is 2.59. The van der Waals surface area contributed by atoms with Gasteiger partial charge in [-0.3, -0.25) is 0 Å². The highest BCUT2D eigenvalue weighted by Crippen LogP contribution is 2.60. The summed E-state index contributed by atoms with van der Waals surface area (Å²) in [5, 5.41) is 11.1. The van der Waals surface area contributed by atoms with Gasteiger partial charge in [0.05, 0.1) is 12.7 Å². The van der Waals surface area contributed by atoms with Gasteiger partial charge in [-0.2, -0.15) is 0 Å². The Morgan fingerprint density at radius 2 is 1.92 bits per heavy atom. The molecule has 2 saturated heterocycles. The van der Waals surface area contributed by atoms with E-state index in [1.54, 1.807) is 7.11 Å². The molecule has 3 fully saturated rings. The Morgan fingerprint density at radius 3 is 2.62 bits per heavy atom. The Morgan fingerprint density at radius 1 is 1.17 bits per heavy atom. The molecule has 3 heteroatoms. The smallest absolute Gasteiger partial charge is 0.166 e. The lowest BCUT2D eigenvalue weighted by Gasteiger charge is -2.61. The van der Waals surface area contributed by atoms with Crippen LogP contribution in [0.15, 0.2) is 24.3 Å². The number of benzene rings is 1. The maximum Gasteiger partial charge on any atom is 0.166 e. The summed E-state index contributed by atoms with van der Waals surface area (Å²) >= 11 is 0. The van der Waals surface area contributed by atoms with Gasteiger partial charge in [-0.1, -0.05) is 31.9 Å². The van der Waals surface area contributed by atoms with E-state index in [-0.39, 0.29) is 5.60 Å². The van der Waals surface area contributed by atoms with Crippen LogP contribution in [0.25, 0.3) is 0 Å². The Hall–Kier alpha value is -1.06. The molecule has 1 spiro atoms. The quantitative estimate of drug-likeness (QED) is 0.877. The normalized spacial score (nSPS) is 41.5. The van der Waals surface area contributed by atoms with E-state index >= 15 is 0 Å². The molecule has 5 atom stereocenters. The number of aliphatic hydroxyl groups is 1. The van der Waals surface area contributed by atoms with Crippen molar-refractivity contribution in [1.29, 1.82) is 0 Å². The van der Waals surface area contributed by atoms with Crippen molar-refractivity contribution in [2.45, 2.75) is 75.6 Å². The second-order valence-corrected chi connectivity index (χ2v) is 8.14. The van der Waals surface area contributed by atoms with Crippen molar-refractivity contribution in [1.82, 2.24) is 0 Å². The van der Waals surface area contributed by atoms with Gasteiger partial charge in [-0.15, -0.1) is 0 Å². The maximum atomic E-state index is 11.1. The topological polar surface area (TPSA) is 38.7 Å². The summed E-state index contributed by atoms with van der Waals surface area (Å²) in [7, 11) is 1.71. The highest BCUT2D eigenvalue weighted by atomic mass is 16.6. The van der Waals surface area contributed by atoms with E-state index in [4.69, 9.17) is 9.47 Å². The maximum absolute atomic E-state index is 11.1. The Kier molecular flexibility index (Phi) is 4.12. The fourth-order valence-corrected chi connectivity index (χ4v) is 5.94. The predicted molar refractivity (Wildman–Crippen MR) is 94.1 cm³/mol. The Labute approximate surface area is 145 Å². The van der Waals surface area contributed by atoms with Crippen LogP contribution in [0.1, 0.15) is 69.8 Å². The number of fused-ring (bicyclic) bond motifs is 1. The van der Waals surface area contributed by atoms with Crippen molar-refractivity contribution < 1.29 is 14.6 Å². The molecular formula is C21H30O3. The first-order valence-electron chi connectivity index (χ1n) is 9.66. The first kappa shape index (κ1) is 16.4. The van der Waals surface area contributed by atoms with Crippen LogP contribution in [0.5, 0.6) is 5.75 Å². The molecule has 24 heavy (non-hydrogen) atoms. The molecule has 4 rings (SSSR count). The summed E-state index contributed by atoms with van der Waals surface area (Å²) in [6.07, 6.45) is 8.59. The molecule has 3 nitrogen and oxygen atoms in total. The van der Waals surface area contributed by atoms with Crippen LogP contribution in [0.2, 0.25) is 0 Å². The molecular weight excluding hydrogens is 300 g/mol. The van der Waals surface area contributed by atoms with Gasteiger partial charge in [0.2, 0.25) is 0 Å². The van der Waals surface area contributed by atoms with Crippen LogP contribution in [-0.2, 0) is 4.74 Å². The standard InChI is InChI=1S/C21H30O3/c1-3-15-6-4-11-20-12-5-13-21(22,24-20)14-18(19(15)20)16-7-9-17(23-2)10-8-16/h7-10,15,18-19,22H,3-6,11-14H2,1-2H3/t15-,18-,19-,20+,21-/m0/s1. The summed E-state index contributed by atoms with van der Waals surface area (Å²) < 4.78 is 11.8. The Balaban J connectivity index is 1.75. The predicted octanol–water partition coefficient (Wildman–Crippen LogP) is 4.64. The summed E-state index contributed by atoms with van der Waals surface area (Å²) in [6.45, 7) is 2.32. The van der Waals surface area contributed by atoms with Crippen molar-refractivity contribution in [3.8, 4) is 5.75 Å². The first-order valence-corrected chi connectivity index (χ1v) is 9.66. The molecule has 1 aromatic rings. The highest BCUT2D eigenvalue weighted by molar-refractivity contribution is 5.31. The van der Waals surface area contributed by atoms with Crippen molar-refractivity contribution in [3.05, 3.63) is 29.8 Å². The number of rotatable bonds is 3. The minimum absolute atomic E-state index is 0.102. The van der Waals surface area contributed by atoms with E-state index in [2.05, 4.69) is 31.2 Å². The van der Waals surface area contributed by atoms with E-state index in [1.165, 1.54) is 24.8 Å². The zero-order valence-corrected chi connectivity index (χ0v) is 15.0. The average molecular weight is 330 g/mol. The number of methoxy groups -OCH3 is 1. The fourth-order valence-electron chi connectivity index (χ4n) is 5.94. The monoisotopic (exact) mass is 330 g/mol. The van der Waals surface area contributed by atoms with Crippen LogP contribution in [0.3, 0.4) is 0 Å². The van der Waals surface area contributed by atoms with Gasteiger partial charge >= 0.3 is 0 Å². The molecule has 0 amide bonds. The SMILES string of the molecule is CC[C@H]1CCC[C@@]23CCC[C@@](O)(C[C@@H](c4ccc(OC)cc4)[C@H]12)O3. The van der Waals surface area contributed by atoms with Crippen molar-refractivity contribution in [2.24, 2.45) is 11.8 Å². The van der Waals surface area contributed by atoms with E-state index in [1.807, 2.05) is 0 Å². The van der Waals surface area contributed by atoms with Gasteiger partial charge in [0.1, 0.15) is 5.75 Å². The third kappa shape index (κ3) is 2.57. The average Bonchev–Trinajstić information content (AvgIpc) is 2.59. The fraction of sp³-hybridized carbons (Fsp3) is 0.714. The van der Waals surface area contributed by atoms with E-state index in [0.717, 1.165) is 37.9 Å². The third-order valence-electron chi connectivity index (χ3n) is 6.89. The van der Waals surface area contributed by atoms with Gasteiger partial charge in [0.15, 0.2) is 5.79 Å². The van der Waals surface area contributed by atoms with Crippen LogP contribution < -0.4 is 4.74 Å². The van der Waals surface area contributed by atoms with Gasteiger partial charge < -0.3 is 14.6 Å². The molecule has 2 bridgehead atoms. The molecule has 2 heterocycles. The summed E-state index contributed by atoms with van der Waals surface area (Å²) in [5.41, 5.74) is 1.24. The molecule has 3 aliphatic rings. The first-order chi connectivity index (χ1) is 11.6. The minimum atomic E-state index is -0.922. The van der Waals surface area contributed by atoms with Gasteiger partial charge in [-0.25, -0.2) is 0 Å². The third-order valence-corrected chi connectivity index (χ3v) is 6.89. The zero-order valence-electron chi connectivity index (χ0n) is 15.0. The van der Waals surface area contributed by atoms with Crippen LogP contribution in [0, 0.1) is 11.8 Å². The lowest BCUT2D eigenvalue weighted by molar-refractivity contribution is -0.349. The van der Waals surface area contributed by atoms with Gasteiger partial charge in [-0.05, 0) is 61.1 Å². The molecule has 1 aromatic carbocycles. The second kappa shape index (κ2) is 6.03. The van der Waals surface area contributed by atoms with Gasteiger partial charge in [0, 0.05) is 12.8 Å². The number of hydrogen-bond acceptors (Lipinski definition) is 3. The van der Waals surface area contributed by atoms with E-state index < -0.39 is 5.79 Å². The number of ether oxygens (including phenoxy) is 2.